The van der Waals surface area contributed by atoms with Gasteiger partial charge in [0.15, 0.2) is 0 Å². The van der Waals surface area contributed by atoms with Crippen molar-refractivity contribution in [2.75, 3.05) is 0 Å². The molecule has 0 aromatic heterocycles. The first kappa shape index (κ1) is 14.2. The van der Waals surface area contributed by atoms with Crippen molar-refractivity contribution in [1.82, 2.24) is 0 Å². The Morgan fingerprint density at radius 2 is 1.33 bits per heavy atom. The second-order valence-electron chi connectivity index (χ2n) is 3.34. The molecule has 0 radical (unpaired) electrons. The van der Waals surface area contributed by atoms with Crippen LogP contribution in [-0.4, -0.2) is 11.6 Å². The third-order valence-corrected chi connectivity index (χ3v) is 6.33. The molecule has 18 heavy (non-hydrogen) atoms. The van der Waals surface area contributed by atoms with Crippen molar-refractivity contribution >= 4 is 71.1 Å². The summed E-state index contributed by atoms with van der Waals surface area (Å²) >= 11 is 10.7. The fraction of sp³-hybridized carbons (Fsp3) is 0. The number of allylic oxidation sites excluding steroid dienone is 4. The minimum atomic E-state index is -0.236. The Labute approximate surface area is 133 Å². The number of benzene rings is 1. The number of ketones is 2. The molecule has 0 saturated heterocycles. The Morgan fingerprint density at radius 3 is 1.94 bits per heavy atom. The lowest BCUT2D eigenvalue weighted by molar-refractivity contribution is -0.114. The molecule has 1 aliphatic rings. The maximum absolute atomic E-state index is 12.1. The summed E-state index contributed by atoms with van der Waals surface area (Å²) < 4.78 is 0.794. The second kappa shape index (κ2) is 5.86. The molecule has 0 unspecified atom stereocenters. The zero-order valence-electron chi connectivity index (χ0n) is 8.75. The lowest BCUT2D eigenvalue weighted by Gasteiger charge is -2.14. The van der Waals surface area contributed by atoms with E-state index >= 15 is 0 Å². The van der Waals surface area contributed by atoms with Gasteiger partial charge in [0.1, 0.15) is 0 Å². The lowest BCUT2D eigenvalue weighted by Crippen LogP contribution is -2.15. The standard InChI is InChI=1S/C12H5Br3O2S/c13-7-8(14)11(17)12(9(15)10(7)16)18-6-4-2-1-3-5-6/h1-5H. The summed E-state index contributed by atoms with van der Waals surface area (Å²) in [5, 5.41) is 0. The zero-order chi connectivity index (χ0) is 13.3. The first-order valence-corrected chi connectivity index (χ1v) is 7.99. The molecule has 0 heterocycles. The van der Waals surface area contributed by atoms with Gasteiger partial charge in [-0.1, -0.05) is 30.0 Å². The van der Waals surface area contributed by atoms with Crippen LogP contribution >= 0.6 is 59.6 Å². The van der Waals surface area contributed by atoms with Crippen molar-refractivity contribution in [1.29, 1.82) is 0 Å². The van der Waals surface area contributed by atoms with Gasteiger partial charge in [-0.15, -0.1) is 0 Å². The number of rotatable bonds is 2. The van der Waals surface area contributed by atoms with E-state index in [9.17, 15) is 9.59 Å². The normalized spacial score (nSPS) is 16.6. The third-order valence-electron chi connectivity index (χ3n) is 2.16. The Hall–Kier alpha value is -0.170. The maximum atomic E-state index is 12.1. The van der Waals surface area contributed by atoms with Crippen molar-refractivity contribution in [2.24, 2.45) is 0 Å². The summed E-state index contributed by atoms with van der Waals surface area (Å²) in [6.45, 7) is 0. The minimum absolute atomic E-state index is 0.206. The Bertz CT molecular complexity index is 591. The molecule has 0 aliphatic heterocycles. The van der Waals surface area contributed by atoms with E-state index in [1.54, 1.807) is 0 Å². The van der Waals surface area contributed by atoms with Gasteiger partial charge in [0, 0.05) is 4.90 Å². The number of thioether (sulfide) groups is 1. The van der Waals surface area contributed by atoms with E-state index in [1.165, 1.54) is 11.8 Å². The van der Waals surface area contributed by atoms with Crippen LogP contribution in [0, 0.1) is 0 Å². The predicted molar refractivity (Wildman–Crippen MR) is 83.1 cm³/mol. The Balaban J connectivity index is 2.39. The average molecular weight is 453 g/mol. The van der Waals surface area contributed by atoms with Crippen molar-refractivity contribution < 1.29 is 9.59 Å². The molecule has 0 spiro atoms. The van der Waals surface area contributed by atoms with E-state index in [0.29, 0.717) is 4.91 Å². The van der Waals surface area contributed by atoms with Crippen molar-refractivity contribution in [3.63, 3.8) is 0 Å². The number of carbonyl (C=O) groups excluding carboxylic acids is 2. The molecule has 0 bridgehead atoms. The van der Waals surface area contributed by atoms with Crippen LogP contribution < -0.4 is 0 Å². The summed E-state index contributed by atoms with van der Waals surface area (Å²) in [5.41, 5.74) is 0. The van der Waals surface area contributed by atoms with E-state index in [4.69, 9.17) is 0 Å². The molecule has 92 valence electrons. The molecule has 2 nitrogen and oxygen atoms in total. The van der Waals surface area contributed by atoms with E-state index in [-0.39, 0.29) is 25.0 Å². The van der Waals surface area contributed by atoms with Crippen LogP contribution in [0.1, 0.15) is 0 Å². The predicted octanol–water partition coefficient (Wildman–Crippen LogP) is 4.54. The van der Waals surface area contributed by atoms with Crippen LogP contribution in [0.2, 0.25) is 0 Å². The number of Topliss-reactive ketones (excluding diaryl/α,β-unsaturated/α-hetero) is 2. The van der Waals surface area contributed by atoms with Crippen LogP contribution in [-0.2, 0) is 9.59 Å². The number of hydrogen-bond donors (Lipinski definition) is 0. The highest BCUT2D eigenvalue weighted by Crippen LogP contribution is 2.41. The fourth-order valence-electron chi connectivity index (χ4n) is 1.30. The SMILES string of the molecule is O=C1C(Br)=C(Br)C(=O)C(Sc2ccccc2)=C1Br. The number of halogens is 3. The monoisotopic (exact) mass is 450 g/mol. The first-order chi connectivity index (χ1) is 8.52. The van der Waals surface area contributed by atoms with E-state index < -0.39 is 0 Å². The minimum Gasteiger partial charge on any atom is -0.287 e. The molecular formula is C12H5Br3O2S. The summed E-state index contributed by atoms with van der Waals surface area (Å²) in [4.78, 5) is 25.3. The molecule has 1 aromatic carbocycles. The van der Waals surface area contributed by atoms with Gasteiger partial charge in [0.2, 0.25) is 11.6 Å². The first-order valence-electron chi connectivity index (χ1n) is 4.79. The van der Waals surface area contributed by atoms with E-state index in [0.717, 1.165) is 4.90 Å². The average Bonchev–Trinajstić information content (AvgIpc) is 2.40. The van der Waals surface area contributed by atoms with Crippen molar-refractivity contribution in [3.8, 4) is 0 Å². The van der Waals surface area contributed by atoms with Crippen LogP contribution in [0.15, 0.2) is 53.6 Å². The zero-order valence-corrected chi connectivity index (χ0v) is 14.3. The summed E-state index contributed by atoms with van der Waals surface area (Å²) in [5.74, 6) is -0.442. The molecule has 0 amide bonds. The van der Waals surface area contributed by atoms with E-state index in [2.05, 4.69) is 47.8 Å². The third kappa shape index (κ3) is 2.71. The van der Waals surface area contributed by atoms with Gasteiger partial charge in [-0.3, -0.25) is 9.59 Å². The fourth-order valence-corrected chi connectivity index (χ4v) is 3.98. The molecule has 6 heteroatoms. The maximum Gasteiger partial charge on any atom is 0.209 e. The lowest BCUT2D eigenvalue weighted by atomic mass is 10.2. The van der Waals surface area contributed by atoms with Crippen LogP contribution in [0.25, 0.3) is 0 Å². The highest BCUT2D eigenvalue weighted by molar-refractivity contribution is 9.15. The van der Waals surface area contributed by atoms with Gasteiger partial charge in [-0.25, -0.2) is 0 Å². The van der Waals surface area contributed by atoms with Gasteiger partial charge in [0.25, 0.3) is 0 Å². The van der Waals surface area contributed by atoms with Crippen molar-refractivity contribution in [2.45, 2.75) is 4.90 Å². The van der Waals surface area contributed by atoms with Crippen LogP contribution in [0.3, 0.4) is 0 Å². The van der Waals surface area contributed by atoms with Gasteiger partial charge >= 0.3 is 0 Å². The van der Waals surface area contributed by atoms with Gasteiger partial charge < -0.3 is 0 Å². The second-order valence-corrected chi connectivity index (χ2v) is 6.81. The molecule has 0 fully saturated rings. The van der Waals surface area contributed by atoms with Gasteiger partial charge in [-0.2, -0.15) is 0 Å². The quantitative estimate of drug-likeness (QED) is 0.618. The molecule has 1 aromatic rings. The topological polar surface area (TPSA) is 34.1 Å². The molecule has 0 saturated carbocycles. The van der Waals surface area contributed by atoms with Gasteiger partial charge in [0.05, 0.1) is 18.4 Å². The number of carbonyl (C=O) groups is 2. The number of hydrogen-bond acceptors (Lipinski definition) is 3. The van der Waals surface area contributed by atoms with Crippen molar-refractivity contribution in [3.05, 3.63) is 48.7 Å². The molecular weight excluding hydrogens is 448 g/mol. The molecule has 1 aliphatic carbocycles. The summed E-state index contributed by atoms with van der Waals surface area (Å²) in [6.07, 6.45) is 0. The van der Waals surface area contributed by atoms with Crippen LogP contribution in [0.4, 0.5) is 0 Å². The molecule has 0 atom stereocenters. The highest BCUT2D eigenvalue weighted by atomic mass is 79.9. The summed E-state index contributed by atoms with van der Waals surface area (Å²) in [7, 11) is 0. The largest absolute Gasteiger partial charge is 0.287 e. The summed E-state index contributed by atoms with van der Waals surface area (Å²) in [6, 6.07) is 9.43. The smallest absolute Gasteiger partial charge is 0.209 e. The van der Waals surface area contributed by atoms with E-state index in [1.807, 2.05) is 30.3 Å². The molecule has 2 rings (SSSR count). The highest BCUT2D eigenvalue weighted by Gasteiger charge is 2.31. The van der Waals surface area contributed by atoms with Crippen LogP contribution in [0.5, 0.6) is 0 Å². The Kier molecular flexibility index (Phi) is 4.64. The van der Waals surface area contributed by atoms with Gasteiger partial charge in [-0.05, 0) is 59.9 Å². The Morgan fingerprint density at radius 1 is 0.778 bits per heavy atom. The molecule has 0 N–H and O–H groups in total.